The molecule has 6 heteroatoms. The minimum absolute atomic E-state index is 0.211. The van der Waals surface area contributed by atoms with Crippen LogP contribution in [0.4, 0.5) is 0 Å². The van der Waals surface area contributed by atoms with Gasteiger partial charge >= 0.3 is 0 Å². The van der Waals surface area contributed by atoms with Gasteiger partial charge in [-0.15, -0.1) is 0 Å². The van der Waals surface area contributed by atoms with E-state index in [9.17, 15) is 8.42 Å². The van der Waals surface area contributed by atoms with Crippen molar-refractivity contribution in [2.75, 3.05) is 31.9 Å². The largest absolute Gasteiger partial charge is 0.314 e. The summed E-state index contributed by atoms with van der Waals surface area (Å²) in [6, 6.07) is 1.11. The van der Waals surface area contributed by atoms with Gasteiger partial charge in [0.25, 0.3) is 0 Å². The highest BCUT2D eigenvalue weighted by molar-refractivity contribution is 7.89. The first-order valence-corrected chi connectivity index (χ1v) is 9.04. The fourth-order valence-electron chi connectivity index (χ4n) is 2.11. The zero-order valence-electron chi connectivity index (χ0n) is 12.5. The van der Waals surface area contributed by atoms with Crippen molar-refractivity contribution >= 4 is 10.0 Å². The number of nitrogens with one attached hydrogen (secondary N) is 2. The van der Waals surface area contributed by atoms with Crippen molar-refractivity contribution in [3.8, 4) is 0 Å². The lowest BCUT2D eigenvalue weighted by molar-refractivity contribution is 0.282. The SMILES string of the molecule is CCN(CCNS(=O)(=O)CCCNC(C)C)C1CC1. The topological polar surface area (TPSA) is 61.4 Å². The van der Waals surface area contributed by atoms with Gasteiger partial charge in [-0.05, 0) is 32.4 Å². The number of rotatable bonds is 11. The van der Waals surface area contributed by atoms with Crippen molar-refractivity contribution < 1.29 is 8.42 Å². The molecule has 19 heavy (non-hydrogen) atoms. The molecule has 0 atom stereocenters. The van der Waals surface area contributed by atoms with Crippen LogP contribution in [0.3, 0.4) is 0 Å². The molecule has 0 amide bonds. The van der Waals surface area contributed by atoms with Gasteiger partial charge in [0.2, 0.25) is 10.0 Å². The molecule has 1 aliphatic carbocycles. The van der Waals surface area contributed by atoms with Gasteiger partial charge in [0.1, 0.15) is 0 Å². The quantitative estimate of drug-likeness (QED) is 0.552. The lowest BCUT2D eigenvalue weighted by Crippen LogP contribution is -2.37. The molecule has 1 fully saturated rings. The van der Waals surface area contributed by atoms with Gasteiger partial charge in [0.15, 0.2) is 0 Å². The number of hydrogen-bond acceptors (Lipinski definition) is 4. The predicted molar refractivity (Wildman–Crippen MR) is 79.8 cm³/mol. The van der Waals surface area contributed by atoms with Crippen LogP contribution in [0.5, 0.6) is 0 Å². The molecule has 2 N–H and O–H groups in total. The Morgan fingerprint density at radius 2 is 1.95 bits per heavy atom. The molecule has 1 aliphatic rings. The van der Waals surface area contributed by atoms with Gasteiger partial charge in [-0.3, -0.25) is 4.90 Å². The molecule has 0 aliphatic heterocycles. The van der Waals surface area contributed by atoms with E-state index in [2.05, 4.69) is 35.7 Å². The molecule has 0 spiro atoms. The number of sulfonamides is 1. The molecule has 0 aromatic heterocycles. The van der Waals surface area contributed by atoms with Crippen molar-refractivity contribution in [3.63, 3.8) is 0 Å². The van der Waals surface area contributed by atoms with Crippen LogP contribution in [0.25, 0.3) is 0 Å². The molecule has 114 valence electrons. The Balaban J connectivity index is 2.12. The maximum absolute atomic E-state index is 11.8. The first-order valence-electron chi connectivity index (χ1n) is 7.39. The normalized spacial score (nSPS) is 16.5. The lowest BCUT2D eigenvalue weighted by Gasteiger charge is -2.19. The summed E-state index contributed by atoms with van der Waals surface area (Å²) in [5, 5.41) is 3.22. The first-order chi connectivity index (χ1) is 8.94. The van der Waals surface area contributed by atoms with Gasteiger partial charge in [-0.1, -0.05) is 20.8 Å². The summed E-state index contributed by atoms with van der Waals surface area (Å²) in [7, 11) is -3.11. The second-order valence-electron chi connectivity index (χ2n) is 5.54. The van der Waals surface area contributed by atoms with E-state index in [0.717, 1.165) is 19.6 Å². The minimum Gasteiger partial charge on any atom is -0.314 e. The van der Waals surface area contributed by atoms with E-state index >= 15 is 0 Å². The van der Waals surface area contributed by atoms with Gasteiger partial charge in [0.05, 0.1) is 5.75 Å². The van der Waals surface area contributed by atoms with Crippen molar-refractivity contribution in [2.45, 2.75) is 52.1 Å². The van der Waals surface area contributed by atoms with Crippen LogP contribution >= 0.6 is 0 Å². The number of likely N-dealkylation sites (N-methyl/N-ethyl adjacent to an activating group) is 1. The van der Waals surface area contributed by atoms with Crippen molar-refractivity contribution in [1.29, 1.82) is 0 Å². The van der Waals surface area contributed by atoms with Crippen LogP contribution in [-0.2, 0) is 10.0 Å². The van der Waals surface area contributed by atoms with E-state index < -0.39 is 10.0 Å². The lowest BCUT2D eigenvalue weighted by atomic mass is 10.4. The Morgan fingerprint density at radius 1 is 1.26 bits per heavy atom. The maximum atomic E-state index is 11.8. The molecule has 0 radical (unpaired) electrons. The molecule has 0 heterocycles. The van der Waals surface area contributed by atoms with E-state index in [1.807, 2.05) is 0 Å². The van der Waals surface area contributed by atoms with Gasteiger partial charge in [0, 0.05) is 25.2 Å². The van der Waals surface area contributed by atoms with Crippen molar-refractivity contribution in [1.82, 2.24) is 14.9 Å². The third-order valence-corrected chi connectivity index (χ3v) is 4.80. The van der Waals surface area contributed by atoms with E-state index in [0.29, 0.717) is 25.0 Å². The summed E-state index contributed by atoms with van der Waals surface area (Å²) < 4.78 is 26.2. The highest BCUT2D eigenvalue weighted by atomic mass is 32.2. The average molecular weight is 291 g/mol. The number of nitrogens with zero attached hydrogens (tertiary/aromatic N) is 1. The molecular weight excluding hydrogens is 262 g/mol. The Bertz CT molecular complexity index is 340. The minimum atomic E-state index is -3.11. The first kappa shape index (κ1) is 16.9. The van der Waals surface area contributed by atoms with Crippen LogP contribution in [0, 0.1) is 0 Å². The van der Waals surface area contributed by atoms with E-state index in [-0.39, 0.29) is 5.75 Å². The van der Waals surface area contributed by atoms with E-state index in [4.69, 9.17) is 0 Å². The standard InChI is InChI=1S/C13H29N3O2S/c1-4-16(13-6-7-13)10-9-15-19(17,18)11-5-8-14-12(2)3/h12-15H,4-11H2,1-3H3. The van der Waals surface area contributed by atoms with Crippen LogP contribution in [0.2, 0.25) is 0 Å². The molecule has 0 aromatic carbocycles. The molecule has 0 saturated heterocycles. The molecule has 1 rings (SSSR count). The van der Waals surface area contributed by atoms with Crippen molar-refractivity contribution in [2.24, 2.45) is 0 Å². The second-order valence-corrected chi connectivity index (χ2v) is 7.46. The Hall–Kier alpha value is -0.170. The van der Waals surface area contributed by atoms with Crippen LogP contribution in [0.15, 0.2) is 0 Å². The summed E-state index contributed by atoms with van der Waals surface area (Å²) in [5.74, 6) is 0.211. The fourth-order valence-corrected chi connectivity index (χ4v) is 3.18. The van der Waals surface area contributed by atoms with E-state index in [1.54, 1.807) is 0 Å². The summed E-state index contributed by atoms with van der Waals surface area (Å²) in [5.41, 5.74) is 0. The van der Waals surface area contributed by atoms with Gasteiger partial charge in [-0.2, -0.15) is 0 Å². The van der Waals surface area contributed by atoms with E-state index in [1.165, 1.54) is 12.8 Å². The summed E-state index contributed by atoms with van der Waals surface area (Å²) in [6.07, 6.45) is 3.19. The summed E-state index contributed by atoms with van der Waals surface area (Å²) >= 11 is 0. The molecular formula is C13H29N3O2S. The highest BCUT2D eigenvalue weighted by Crippen LogP contribution is 2.25. The fraction of sp³-hybridized carbons (Fsp3) is 1.00. The highest BCUT2D eigenvalue weighted by Gasteiger charge is 2.27. The van der Waals surface area contributed by atoms with Gasteiger partial charge < -0.3 is 5.32 Å². The third-order valence-electron chi connectivity index (χ3n) is 3.33. The van der Waals surface area contributed by atoms with Crippen molar-refractivity contribution in [3.05, 3.63) is 0 Å². The molecule has 5 nitrogen and oxygen atoms in total. The Morgan fingerprint density at radius 3 is 2.47 bits per heavy atom. The van der Waals surface area contributed by atoms with Gasteiger partial charge in [-0.25, -0.2) is 13.1 Å². The number of hydrogen-bond donors (Lipinski definition) is 2. The Kier molecular flexibility index (Phi) is 7.28. The molecule has 1 saturated carbocycles. The molecule has 0 unspecified atom stereocenters. The zero-order valence-corrected chi connectivity index (χ0v) is 13.3. The maximum Gasteiger partial charge on any atom is 0.211 e. The summed E-state index contributed by atoms with van der Waals surface area (Å²) in [6.45, 7) is 9.36. The average Bonchev–Trinajstić information content (AvgIpc) is 3.14. The van der Waals surface area contributed by atoms with Crippen LogP contribution in [0.1, 0.15) is 40.0 Å². The predicted octanol–water partition coefficient (Wildman–Crippen LogP) is 0.778. The molecule has 0 bridgehead atoms. The Labute approximate surface area is 118 Å². The van der Waals surface area contributed by atoms with Crippen LogP contribution in [-0.4, -0.2) is 57.3 Å². The molecule has 0 aromatic rings. The second kappa shape index (κ2) is 8.19. The monoisotopic (exact) mass is 291 g/mol. The zero-order chi connectivity index (χ0) is 14.3. The third kappa shape index (κ3) is 7.87. The smallest absolute Gasteiger partial charge is 0.211 e. The van der Waals surface area contributed by atoms with Crippen LogP contribution < -0.4 is 10.0 Å². The summed E-state index contributed by atoms with van der Waals surface area (Å²) in [4.78, 5) is 2.35.